The van der Waals surface area contributed by atoms with Crippen LogP contribution >= 0.6 is 0 Å². The first kappa shape index (κ1) is 60.0. The molecule has 362 valence electrons. The van der Waals surface area contributed by atoms with Crippen LogP contribution in [0.15, 0.2) is 109 Å². The Bertz CT molecular complexity index is 1410. The molecule has 2 unspecified atom stereocenters. The largest absolute Gasteiger partial charge is 0.544 e. The Morgan fingerprint density at radius 1 is 0.484 bits per heavy atom. The van der Waals surface area contributed by atoms with Gasteiger partial charge in [-0.25, -0.2) is 0 Å². The fourth-order valence-corrected chi connectivity index (χ4v) is 6.56. The van der Waals surface area contributed by atoms with Crippen molar-refractivity contribution in [3.05, 3.63) is 109 Å². The van der Waals surface area contributed by atoms with Gasteiger partial charge in [0, 0.05) is 19.3 Å². The van der Waals surface area contributed by atoms with Crippen LogP contribution in [0.3, 0.4) is 0 Å². The first-order valence-electron chi connectivity index (χ1n) is 24.9. The highest BCUT2D eigenvalue weighted by Gasteiger charge is 2.25. The van der Waals surface area contributed by atoms with E-state index in [4.69, 9.17) is 14.2 Å². The maximum atomic E-state index is 12.7. The standard InChI is InChI=1S/C56H91NO7/c1-6-8-10-12-14-16-18-20-22-24-25-26-27-28-29-31-32-34-36-38-40-42-44-46-54(58)63-51-52(50-62-49-48-53(56(60)61)57(3,4)5)64-55(59)47-45-43-41-39-37-35-33-30-23-21-19-17-15-13-11-9-7-2/h8,10,14,16,20-23,25-26,28-29,32-35,39,41,52-53H,6-7,9,11-13,15,17-19,24,27,30-31,36-38,40,42-51H2,1-5H3/b10-8+,16-14+,22-20+,23-21+,26-25+,29-28+,34-32+,35-33+,41-39+. The lowest BCUT2D eigenvalue weighted by Gasteiger charge is -2.34. The van der Waals surface area contributed by atoms with Crippen LogP contribution in [-0.2, 0) is 28.6 Å². The first-order chi connectivity index (χ1) is 31.1. The lowest BCUT2D eigenvalue weighted by Crippen LogP contribution is -2.55. The molecule has 2 atom stereocenters. The Labute approximate surface area is 391 Å². The van der Waals surface area contributed by atoms with Crippen molar-refractivity contribution >= 4 is 17.9 Å². The summed E-state index contributed by atoms with van der Waals surface area (Å²) in [4.78, 5) is 37.0. The molecule has 0 saturated carbocycles. The third-order valence-electron chi connectivity index (χ3n) is 10.4. The van der Waals surface area contributed by atoms with E-state index in [1.54, 1.807) is 21.1 Å². The summed E-state index contributed by atoms with van der Waals surface area (Å²) in [6.45, 7) is 4.44. The van der Waals surface area contributed by atoms with Crippen LogP contribution in [0.5, 0.6) is 0 Å². The maximum absolute atomic E-state index is 12.7. The van der Waals surface area contributed by atoms with Crippen molar-refractivity contribution in [1.82, 2.24) is 0 Å². The fraction of sp³-hybridized carbons (Fsp3) is 0.625. The predicted molar refractivity (Wildman–Crippen MR) is 268 cm³/mol. The molecule has 0 aromatic carbocycles. The minimum atomic E-state index is -1.14. The topological polar surface area (TPSA) is 102 Å². The van der Waals surface area contributed by atoms with E-state index in [-0.39, 0.29) is 49.1 Å². The van der Waals surface area contributed by atoms with E-state index in [0.717, 1.165) is 96.3 Å². The number of carbonyl (C=O) groups is 3. The molecule has 64 heavy (non-hydrogen) atoms. The summed E-state index contributed by atoms with van der Waals surface area (Å²) in [7, 11) is 5.38. The Morgan fingerprint density at radius 3 is 1.34 bits per heavy atom. The van der Waals surface area contributed by atoms with E-state index in [1.807, 2.05) is 0 Å². The van der Waals surface area contributed by atoms with Gasteiger partial charge in [0.15, 0.2) is 6.10 Å². The number of rotatable bonds is 43. The van der Waals surface area contributed by atoms with Crippen LogP contribution < -0.4 is 5.11 Å². The summed E-state index contributed by atoms with van der Waals surface area (Å²) in [5.41, 5.74) is 0. The van der Waals surface area contributed by atoms with Crippen LogP contribution in [-0.4, -0.2) is 75.5 Å². The van der Waals surface area contributed by atoms with Gasteiger partial charge in [0.1, 0.15) is 12.6 Å². The molecule has 0 fully saturated rings. The number of aliphatic carboxylic acids is 1. The molecule has 0 aromatic heterocycles. The fourth-order valence-electron chi connectivity index (χ4n) is 6.56. The molecule has 0 aliphatic heterocycles. The quantitative estimate of drug-likeness (QED) is 0.0260. The van der Waals surface area contributed by atoms with Gasteiger partial charge in [-0.15, -0.1) is 0 Å². The molecule has 0 bridgehead atoms. The highest BCUT2D eigenvalue weighted by atomic mass is 16.6. The third kappa shape index (κ3) is 43.3. The zero-order chi connectivity index (χ0) is 47.0. The van der Waals surface area contributed by atoms with Crippen molar-refractivity contribution in [1.29, 1.82) is 0 Å². The molecule has 0 aromatic rings. The van der Waals surface area contributed by atoms with E-state index in [1.165, 1.54) is 38.5 Å². The SMILES string of the molecule is CC/C=C/C/C=C/C/C=C/C/C=C/C/C=C/C/C=C/CCCCCCC(=O)OCC(COCCC(C(=O)[O-])[N+](C)(C)C)OC(=O)CCC/C=C/C/C=C/C/C=C/CCCCCCCC. The molecule has 0 heterocycles. The molecule has 0 saturated heterocycles. The van der Waals surface area contributed by atoms with E-state index >= 15 is 0 Å². The molecule has 0 N–H and O–H groups in total. The Morgan fingerprint density at radius 2 is 0.891 bits per heavy atom. The van der Waals surface area contributed by atoms with Crippen molar-refractivity contribution in [2.45, 2.75) is 187 Å². The average molecular weight is 890 g/mol. The van der Waals surface area contributed by atoms with E-state index in [9.17, 15) is 19.5 Å². The molecule has 0 aliphatic carbocycles. The number of allylic oxidation sites excluding steroid dienone is 18. The smallest absolute Gasteiger partial charge is 0.306 e. The van der Waals surface area contributed by atoms with Gasteiger partial charge in [-0.1, -0.05) is 168 Å². The lowest BCUT2D eigenvalue weighted by atomic mass is 10.1. The minimum absolute atomic E-state index is 0.00496. The molecule has 0 spiro atoms. The van der Waals surface area contributed by atoms with Crippen molar-refractivity contribution in [2.24, 2.45) is 0 Å². The van der Waals surface area contributed by atoms with E-state index in [0.29, 0.717) is 12.8 Å². The normalized spacial score (nSPS) is 13.8. The van der Waals surface area contributed by atoms with Gasteiger partial charge >= 0.3 is 11.9 Å². The number of carboxylic acid groups (broad SMARTS) is 1. The summed E-state index contributed by atoms with van der Waals surface area (Å²) in [5, 5.41) is 11.7. The van der Waals surface area contributed by atoms with Crippen molar-refractivity contribution < 1.29 is 38.2 Å². The summed E-state index contributed by atoms with van der Waals surface area (Å²) in [5.74, 6) is -1.85. The molecule has 0 amide bonds. The van der Waals surface area contributed by atoms with Crippen LogP contribution in [0.2, 0.25) is 0 Å². The number of nitrogens with zero attached hydrogens (tertiary/aromatic N) is 1. The van der Waals surface area contributed by atoms with Crippen molar-refractivity contribution in [3.63, 3.8) is 0 Å². The van der Waals surface area contributed by atoms with E-state index in [2.05, 4.69) is 123 Å². The van der Waals surface area contributed by atoms with Crippen LogP contribution in [0, 0.1) is 0 Å². The zero-order valence-corrected chi connectivity index (χ0v) is 41.2. The van der Waals surface area contributed by atoms with Crippen LogP contribution in [0.1, 0.15) is 174 Å². The number of quaternary nitrogens is 1. The van der Waals surface area contributed by atoms with Crippen molar-refractivity contribution in [3.8, 4) is 0 Å². The summed E-state index contributed by atoms with van der Waals surface area (Å²) < 4.78 is 17.1. The van der Waals surface area contributed by atoms with Gasteiger partial charge in [0.25, 0.3) is 0 Å². The molecular formula is C56H91NO7. The second-order valence-corrected chi connectivity index (χ2v) is 17.3. The first-order valence-corrected chi connectivity index (χ1v) is 24.9. The highest BCUT2D eigenvalue weighted by Crippen LogP contribution is 2.12. The third-order valence-corrected chi connectivity index (χ3v) is 10.4. The Hall–Kier alpha value is -4.01. The Balaban J connectivity index is 4.42. The molecule has 0 aliphatic rings. The van der Waals surface area contributed by atoms with E-state index < -0.39 is 18.1 Å². The number of carboxylic acids is 1. The number of carbonyl (C=O) groups excluding carboxylic acids is 3. The average Bonchev–Trinajstić information content (AvgIpc) is 3.26. The molecule has 0 rings (SSSR count). The van der Waals surface area contributed by atoms with Gasteiger partial charge in [0.05, 0.1) is 40.3 Å². The number of unbranched alkanes of at least 4 members (excludes halogenated alkanes) is 11. The van der Waals surface area contributed by atoms with Crippen LogP contribution in [0.4, 0.5) is 0 Å². The van der Waals surface area contributed by atoms with Crippen LogP contribution in [0.25, 0.3) is 0 Å². The maximum Gasteiger partial charge on any atom is 0.306 e. The Kier molecular flexibility index (Phi) is 42.7. The lowest BCUT2D eigenvalue weighted by molar-refractivity contribution is -0.889. The highest BCUT2D eigenvalue weighted by molar-refractivity contribution is 5.70. The number of esters is 2. The van der Waals surface area contributed by atoms with Gasteiger partial charge in [-0.05, 0) is 96.3 Å². The number of ether oxygens (including phenoxy) is 3. The van der Waals surface area contributed by atoms with Gasteiger partial charge in [-0.3, -0.25) is 9.59 Å². The molecule has 8 nitrogen and oxygen atoms in total. The van der Waals surface area contributed by atoms with Crippen molar-refractivity contribution in [2.75, 3.05) is 41.0 Å². The minimum Gasteiger partial charge on any atom is -0.544 e. The second-order valence-electron chi connectivity index (χ2n) is 17.3. The van der Waals surface area contributed by atoms with Gasteiger partial charge in [0.2, 0.25) is 0 Å². The zero-order valence-electron chi connectivity index (χ0n) is 41.2. The molecular weight excluding hydrogens is 799 g/mol. The molecule has 0 radical (unpaired) electrons. The summed E-state index contributed by atoms with van der Waals surface area (Å²) >= 11 is 0. The molecule has 8 heteroatoms. The van der Waals surface area contributed by atoms with Gasteiger partial charge < -0.3 is 28.6 Å². The summed E-state index contributed by atoms with van der Waals surface area (Å²) in [6.07, 6.45) is 62.7. The van der Waals surface area contributed by atoms with Gasteiger partial charge in [-0.2, -0.15) is 0 Å². The number of likely N-dealkylation sites (N-methyl/N-ethyl adjacent to an activating group) is 1. The second kappa shape index (κ2) is 45.6. The summed E-state index contributed by atoms with van der Waals surface area (Å²) in [6, 6.07) is -0.746. The number of hydrogen-bond acceptors (Lipinski definition) is 7. The monoisotopic (exact) mass is 890 g/mol. The predicted octanol–water partition coefficient (Wildman–Crippen LogP) is 13.1. The number of hydrogen-bond donors (Lipinski definition) is 0.